The molecule has 3 aromatic carbocycles. The maximum atomic E-state index is 13.0. The molecule has 1 amide bonds. The summed E-state index contributed by atoms with van der Waals surface area (Å²) >= 11 is 1.22. The number of hydrogen-bond donors (Lipinski definition) is 2. The Labute approximate surface area is 249 Å². The highest BCUT2D eigenvalue weighted by molar-refractivity contribution is 7.20. The minimum Gasteiger partial charge on any atom is -0.477 e. The van der Waals surface area contributed by atoms with Crippen molar-refractivity contribution in [1.82, 2.24) is 5.32 Å². The van der Waals surface area contributed by atoms with E-state index in [1.165, 1.54) is 22.5 Å². The Hall–Kier alpha value is -3.92. The summed E-state index contributed by atoms with van der Waals surface area (Å²) in [4.78, 5) is 24.9. The van der Waals surface area contributed by atoms with Crippen molar-refractivity contribution in [2.75, 3.05) is 13.2 Å². The molecule has 4 aromatic rings. The average Bonchev–Trinajstić information content (AvgIpc) is 3.60. The molecule has 1 aliphatic carbocycles. The predicted octanol–water partition coefficient (Wildman–Crippen LogP) is 7.15. The standard InChI is InChI=1S/C33H32BNO6S/c1-32(2)33(3,4)41-34(40-32)21(16-20-10-9-15-28-26(20)17-29(42-28)30(36)37)18-35-31(38)39-19-27-24-13-7-5-11-22(24)23-12-6-8-14-25(23)27/h5-17,27H,18-19H2,1-4H3,(H,35,38)(H,36,37). The largest absolute Gasteiger partial charge is 0.492 e. The van der Waals surface area contributed by atoms with Crippen molar-refractivity contribution in [3.8, 4) is 11.1 Å². The van der Waals surface area contributed by atoms with Crippen molar-refractivity contribution in [2.24, 2.45) is 0 Å². The summed E-state index contributed by atoms with van der Waals surface area (Å²) in [6, 6.07) is 23.8. The Morgan fingerprint density at radius 1 is 0.952 bits per heavy atom. The van der Waals surface area contributed by atoms with Gasteiger partial charge in [0.2, 0.25) is 0 Å². The summed E-state index contributed by atoms with van der Waals surface area (Å²) in [5.74, 6) is -1.00. The van der Waals surface area contributed by atoms with Gasteiger partial charge in [0.05, 0.1) is 11.2 Å². The molecule has 1 saturated heterocycles. The van der Waals surface area contributed by atoms with E-state index >= 15 is 0 Å². The lowest BCUT2D eigenvalue weighted by Gasteiger charge is -2.32. The fourth-order valence-electron chi connectivity index (χ4n) is 5.53. The highest BCUT2D eigenvalue weighted by atomic mass is 32.1. The van der Waals surface area contributed by atoms with Crippen molar-refractivity contribution >= 4 is 46.7 Å². The lowest BCUT2D eigenvalue weighted by atomic mass is 9.76. The maximum Gasteiger partial charge on any atom is 0.492 e. The molecule has 0 bridgehead atoms. The number of aromatic carboxylic acids is 1. The van der Waals surface area contributed by atoms with Crippen molar-refractivity contribution in [2.45, 2.75) is 44.8 Å². The summed E-state index contributed by atoms with van der Waals surface area (Å²) in [7, 11) is -0.711. The van der Waals surface area contributed by atoms with E-state index in [0.29, 0.717) is 5.47 Å². The lowest BCUT2D eigenvalue weighted by Crippen LogP contribution is -2.41. The van der Waals surface area contributed by atoms with Gasteiger partial charge in [0, 0.05) is 22.5 Å². The van der Waals surface area contributed by atoms with Crippen molar-refractivity contribution in [3.63, 3.8) is 0 Å². The van der Waals surface area contributed by atoms with Gasteiger partial charge in [-0.25, -0.2) is 9.59 Å². The number of carbonyl (C=O) groups excluding carboxylic acids is 1. The fraction of sp³-hybridized carbons (Fsp3) is 0.273. The highest BCUT2D eigenvalue weighted by Crippen LogP contribution is 2.44. The number of rotatable bonds is 7. The van der Waals surface area contributed by atoms with E-state index in [-0.39, 0.29) is 23.9 Å². The molecule has 6 rings (SSSR count). The van der Waals surface area contributed by atoms with E-state index in [1.54, 1.807) is 6.07 Å². The molecular weight excluding hydrogens is 549 g/mol. The van der Waals surface area contributed by atoms with Crippen LogP contribution in [0.3, 0.4) is 0 Å². The number of thiophene rings is 1. The molecule has 1 fully saturated rings. The number of ether oxygens (including phenoxy) is 1. The van der Waals surface area contributed by atoms with Crippen LogP contribution in [0.2, 0.25) is 0 Å². The van der Waals surface area contributed by atoms with Crippen LogP contribution in [-0.2, 0) is 14.0 Å². The second-order valence-corrected chi connectivity index (χ2v) is 12.7. The molecule has 2 heterocycles. The van der Waals surface area contributed by atoms with Crippen molar-refractivity contribution in [1.29, 1.82) is 0 Å². The third-order valence-corrected chi connectivity index (χ3v) is 9.57. The van der Waals surface area contributed by atoms with E-state index < -0.39 is 30.4 Å². The second kappa shape index (κ2) is 10.7. The molecule has 0 atom stereocenters. The minimum atomic E-state index is -0.964. The molecule has 214 valence electrons. The molecule has 1 aromatic heterocycles. The first-order valence-electron chi connectivity index (χ1n) is 13.9. The summed E-state index contributed by atoms with van der Waals surface area (Å²) in [6.45, 7) is 8.23. The van der Waals surface area contributed by atoms with Gasteiger partial charge in [-0.1, -0.05) is 66.7 Å². The average molecular weight is 581 g/mol. The van der Waals surface area contributed by atoms with Gasteiger partial charge in [-0.3, -0.25) is 0 Å². The van der Waals surface area contributed by atoms with Crippen LogP contribution in [0, 0.1) is 0 Å². The van der Waals surface area contributed by atoms with Crippen LogP contribution in [0.5, 0.6) is 0 Å². The topological polar surface area (TPSA) is 94.1 Å². The Balaban J connectivity index is 1.23. The highest BCUT2D eigenvalue weighted by Gasteiger charge is 2.52. The van der Waals surface area contributed by atoms with Gasteiger partial charge in [-0.2, -0.15) is 0 Å². The van der Waals surface area contributed by atoms with Crippen molar-refractivity contribution < 1.29 is 28.7 Å². The SMILES string of the molecule is CC1(C)OB(C(=Cc2cccc3sc(C(=O)O)cc23)CNC(=O)OCC2c3ccccc3-c3ccccc32)OC1(C)C. The number of nitrogens with one attached hydrogen (secondary N) is 1. The second-order valence-electron chi connectivity index (χ2n) is 11.7. The third kappa shape index (κ3) is 5.13. The van der Waals surface area contributed by atoms with Gasteiger partial charge in [0.25, 0.3) is 0 Å². The minimum absolute atomic E-state index is 0.0408. The number of alkyl carbamates (subject to hydrolysis) is 1. The first-order chi connectivity index (χ1) is 20.0. The summed E-state index contributed by atoms with van der Waals surface area (Å²) < 4.78 is 19.3. The molecule has 0 spiro atoms. The van der Waals surface area contributed by atoms with Gasteiger partial charge >= 0.3 is 19.2 Å². The molecule has 2 aliphatic rings. The van der Waals surface area contributed by atoms with Crippen LogP contribution in [0.1, 0.15) is 60.0 Å². The smallest absolute Gasteiger partial charge is 0.477 e. The number of carboxylic acid groups (broad SMARTS) is 1. The normalized spacial score (nSPS) is 17.2. The number of amides is 1. The number of carbonyl (C=O) groups is 2. The lowest BCUT2D eigenvalue weighted by molar-refractivity contribution is 0.00578. The molecule has 0 unspecified atom stereocenters. The van der Waals surface area contributed by atoms with Crippen LogP contribution >= 0.6 is 11.3 Å². The van der Waals surface area contributed by atoms with Crippen LogP contribution in [0.4, 0.5) is 4.79 Å². The number of benzene rings is 3. The maximum absolute atomic E-state index is 13.0. The molecule has 42 heavy (non-hydrogen) atoms. The van der Waals surface area contributed by atoms with E-state index in [4.69, 9.17) is 14.0 Å². The summed E-state index contributed by atoms with van der Waals surface area (Å²) in [5, 5.41) is 13.2. The van der Waals surface area contributed by atoms with Crippen LogP contribution in [-0.4, -0.2) is 48.6 Å². The first-order valence-corrected chi connectivity index (χ1v) is 14.8. The molecule has 2 N–H and O–H groups in total. The Bertz CT molecular complexity index is 1660. The van der Waals surface area contributed by atoms with Crippen molar-refractivity contribution in [3.05, 3.63) is 99.8 Å². The first kappa shape index (κ1) is 28.2. The Morgan fingerprint density at radius 2 is 1.57 bits per heavy atom. The van der Waals surface area contributed by atoms with Crippen LogP contribution in [0.15, 0.2) is 78.3 Å². The third-order valence-electron chi connectivity index (χ3n) is 8.48. The zero-order valence-electron chi connectivity index (χ0n) is 24.0. The summed E-state index contributed by atoms with van der Waals surface area (Å²) in [5.41, 5.74) is 4.98. The van der Waals surface area contributed by atoms with Gasteiger partial charge in [0.1, 0.15) is 11.5 Å². The van der Waals surface area contributed by atoms with Crippen LogP contribution in [0.25, 0.3) is 27.3 Å². The molecule has 1 aliphatic heterocycles. The van der Waals surface area contributed by atoms with E-state index in [0.717, 1.165) is 26.8 Å². The molecule has 7 nitrogen and oxygen atoms in total. The zero-order chi connectivity index (χ0) is 29.6. The molecular formula is C33H32BNO6S. The molecule has 9 heteroatoms. The van der Waals surface area contributed by atoms with Crippen LogP contribution < -0.4 is 5.32 Å². The molecule has 0 radical (unpaired) electrons. The number of hydrogen-bond acceptors (Lipinski definition) is 6. The Kier molecular flexibility index (Phi) is 7.21. The predicted molar refractivity (Wildman–Crippen MR) is 166 cm³/mol. The van der Waals surface area contributed by atoms with Gasteiger partial charge in [0.15, 0.2) is 0 Å². The Morgan fingerprint density at radius 3 is 2.19 bits per heavy atom. The fourth-order valence-corrected chi connectivity index (χ4v) is 6.47. The van der Waals surface area contributed by atoms with E-state index in [1.807, 2.05) is 76.2 Å². The van der Waals surface area contributed by atoms with Gasteiger partial charge in [-0.05, 0) is 73.1 Å². The number of carboxylic acids is 1. The van der Waals surface area contributed by atoms with Gasteiger partial charge in [-0.15, -0.1) is 11.3 Å². The van der Waals surface area contributed by atoms with E-state index in [9.17, 15) is 14.7 Å². The monoisotopic (exact) mass is 581 g/mol. The quantitative estimate of drug-likeness (QED) is 0.225. The number of fused-ring (bicyclic) bond motifs is 4. The van der Waals surface area contributed by atoms with E-state index in [2.05, 4.69) is 29.6 Å². The van der Waals surface area contributed by atoms with Gasteiger partial charge < -0.3 is 24.5 Å². The molecule has 0 saturated carbocycles. The summed E-state index contributed by atoms with van der Waals surface area (Å²) in [6.07, 6.45) is 1.37. The zero-order valence-corrected chi connectivity index (χ0v) is 24.8.